The van der Waals surface area contributed by atoms with Gasteiger partial charge < -0.3 is 4.98 Å². The van der Waals surface area contributed by atoms with Crippen molar-refractivity contribution in [3.8, 4) is 0 Å². The lowest BCUT2D eigenvalue weighted by atomic mass is 10.1. The number of fused-ring (bicyclic) bond motifs is 1. The number of aromatic amines is 1. The van der Waals surface area contributed by atoms with Crippen LogP contribution in [0.5, 0.6) is 0 Å². The van der Waals surface area contributed by atoms with Gasteiger partial charge in [0.25, 0.3) is 0 Å². The average molecular weight is 213 g/mol. The quantitative estimate of drug-likeness (QED) is 0.573. The zero-order valence-corrected chi connectivity index (χ0v) is 7.70. The lowest BCUT2D eigenvalue weighted by Crippen LogP contribution is -1.91. The number of benzene rings is 1. The van der Waals surface area contributed by atoms with E-state index in [1.54, 1.807) is 0 Å². The summed E-state index contributed by atoms with van der Waals surface area (Å²) >= 11 is 0. The Morgan fingerprint density at radius 1 is 1.27 bits per heavy atom. The summed E-state index contributed by atoms with van der Waals surface area (Å²) in [6.07, 6.45) is 0.477. The molecule has 1 heterocycles. The van der Waals surface area contributed by atoms with E-state index in [0.29, 0.717) is 12.0 Å². The van der Waals surface area contributed by atoms with Crippen molar-refractivity contribution in [2.75, 3.05) is 0 Å². The van der Waals surface area contributed by atoms with E-state index in [4.69, 9.17) is 0 Å². The number of hydrogen-bond donors (Lipinski definition) is 1. The normalized spacial score (nSPS) is 10.9. The maximum Gasteiger partial charge on any atom is 0.196 e. The second kappa shape index (κ2) is 3.12. The summed E-state index contributed by atoms with van der Waals surface area (Å²) in [4.78, 5) is 13.2. The molecule has 0 fully saturated rings. The molecule has 1 N–H and O–H groups in total. The monoisotopic (exact) mass is 213 g/mol. The van der Waals surface area contributed by atoms with Crippen molar-refractivity contribution in [3.05, 3.63) is 34.8 Å². The van der Waals surface area contributed by atoms with Crippen LogP contribution in [0.15, 0.2) is 6.07 Å². The van der Waals surface area contributed by atoms with Crippen molar-refractivity contribution in [3.63, 3.8) is 0 Å². The van der Waals surface area contributed by atoms with Crippen molar-refractivity contribution in [1.29, 1.82) is 0 Å². The molecule has 1 aromatic heterocycles. The standard InChI is InChI=1S/C10H6F3NO/c1-4-6(3-15)5-2-7(11)8(12)9(13)10(5)14-4/h2-3,14H,1H3. The van der Waals surface area contributed by atoms with Gasteiger partial charge >= 0.3 is 0 Å². The van der Waals surface area contributed by atoms with Crippen LogP contribution >= 0.6 is 0 Å². The Hall–Kier alpha value is -1.78. The number of nitrogens with one attached hydrogen (secondary N) is 1. The Morgan fingerprint density at radius 3 is 2.53 bits per heavy atom. The molecule has 1 aromatic carbocycles. The molecular weight excluding hydrogens is 207 g/mol. The first-order valence-corrected chi connectivity index (χ1v) is 4.17. The van der Waals surface area contributed by atoms with Crippen LogP contribution in [0, 0.1) is 24.4 Å². The van der Waals surface area contributed by atoms with E-state index in [2.05, 4.69) is 4.98 Å². The number of halogens is 3. The van der Waals surface area contributed by atoms with Crippen LogP contribution < -0.4 is 0 Å². The topological polar surface area (TPSA) is 32.9 Å². The summed E-state index contributed by atoms with van der Waals surface area (Å²) in [6.45, 7) is 1.53. The molecule has 2 aromatic rings. The van der Waals surface area contributed by atoms with Crippen LogP contribution in [0.3, 0.4) is 0 Å². The average Bonchev–Trinajstić information content (AvgIpc) is 2.51. The highest BCUT2D eigenvalue weighted by atomic mass is 19.2. The Morgan fingerprint density at radius 2 is 1.93 bits per heavy atom. The fraction of sp³-hybridized carbons (Fsp3) is 0.100. The number of aromatic nitrogens is 1. The second-order valence-corrected chi connectivity index (χ2v) is 3.19. The van der Waals surface area contributed by atoms with Crippen molar-refractivity contribution < 1.29 is 18.0 Å². The first kappa shape index (κ1) is 9.76. The number of H-pyrrole nitrogens is 1. The van der Waals surface area contributed by atoms with Gasteiger partial charge in [0.2, 0.25) is 0 Å². The smallest absolute Gasteiger partial charge is 0.196 e. The number of carbonyl (C=O) groups is 1. The first-order valence-electron chi connectivity index (χ1n) is 4.17. The molecule has 0 saturated heterocycles. The van der Waals surface area contributed by atoms with E-state index >= 15 is 0 Å². The van der Waals surface area contributed by atoms with Gasteiger partial charge in [-0.05, 0) is 13.0 Å². The number of rotatable bonds is 1. The van der Waals surface area contributed by atoms with Gasteiger partial charge in [0.1, 0.15) is 0 Å². The lowest BCUT2D eigenvalue weighted by molar-refractivity contribution is 0.112. The van der Waals surface area contributed by atoms with Gasteiger partial charge in [0.05, 0.1) is 5.52 Å². The first-order chi connectivity index (χ1) is 7.06. The van der Waals surface area contributed by atoms with Crippen molar-refractivity contribution >= 4 is 17.2 Å². The molecule has 0 amide bonds. The molecule has 0 unspecified atom stereocenters. The number of hydrogen-bond acceptors (Lipinski definition) is 1. The zero-order valence-electron chi connectivity index (χ0n) is 7.70. The highest BCUT2D eigenvalue weighted by Gasteiger charge is 2.18. The fourth-order valence-electron chi connectivity index (χ4n) is 1.54. The van der Waals surface area contributed by atoms with Gasteiger partial charge in [0.15, 0.2) is 23.7 Å². The maximum absolute atomic E-state index is 13.2. The molecule has 2 rings (SSSR count). The van der Waals surface area contributed by atoms with E-state index < -0.39 is 17.5 Å². The van der Waals surface area contributed by atoms with Crippen LogP contribution in [-0.2, 0) is 0 Å². The van der Waals surface area contributed by atoms with Crippen LogP contribution in [0.1, 0.15) is 16.1 Å². The third-order valence-corrected chi connectivity index (χ3v) is 2.29. The zero-order chi connectivity index (χ0) is 11.2. The lowest BCUT2D eigenvalue weighted by Gasteiger charge is -1.96. The van der Waals surface area contributed by atoms with Crippen LogP contribution in [-0.4, -0.2) is 11.3 Å². The number of carbonyl (C=O) groups excluding carboxylic acids is 1. The molecule has 0 atom stereocenters. The molecule has 15 heavy (non-hydrogen) atoms. The van der Waals surface area contributed by atoms with Gasteiger partial charge in [-0.1, -0.05) is 0 Å². The molecule has 2 nitrogen and oxygen atoms in total. The van der Waals surface area contributed by atoms with Crippen LogP contribution in [0.2, 0.25) is 0 Å². The van der Waals surface area contributed by atoms with Crippen molar-refractivity contribution in [2.45, 2.75) is 6.92 Å². The molecule has 5 heteroatoms. The minimum atomic E-state index is -1.54. The predicted molar refractivity (Wildman–Crippen MR) is 48.3 cm³/mol. The van der Waals surface area contributed by atoms with Crippen molar-refractivity contribution in [2.24, 2.45) is 0 Å². The number of aldehydes is 1. The predicted octanol–water partition coefficient (Wildman–Crippen LogP) is 2.71. The molecule has 0 saturated carbocycles. The fourth-order valence-corrected chi connectivity index (χ4v) is 1.54. The molecule has 78 valence electrons. The Bertz CT molecular complexity index is 560. The number of aryl methyl sites for hydroxylation is 1. The highest BCUT2D eigenvalue weighted by molar-refractivity contribution is 5.99. The van der Waals surface area contributed by atoms with Gasteiger partial charge in [-0.25, -0.2) is 13.2 Å². The molecular formula is C10H6F3NO. The van der Waals surface area contributed by atoms with E-state index in [0.717, 1.165) is 6.07 Å². The molecule has 0 bridgehead atoms. The largest absolute Gasteiger partial charge is 0.356 e. The van der Waals surface area contributed by atoms with E-state index in [1.165, 1.54) is 6.92 Å². The Balaban J connectivity index is 2.98. The SMILES string of the molecule is Cc1[nH]c2c(F)c(F)c(F)cc2c1C=O. The minimum Gasteiger partial charge on any atom is -0.356 e. The summed E-state index contributed by atoms with van der Waals surface area (Å²) < 4.78 is 39.0. The van der Waals surface area contributed by atoms with Gasteiger partial charge in [-0.15, -0.1) is 0 Å². The van der Waals surface area contributed by atoms with Crippen LogP contribution in [0.4, 0.5) is 13.2 Å². The van der Waals surface area contributed by atoms with E-state index in [9.17, 15) is 18.0 Å². The molecule has 0 aliphatic rings. The van der Waals surface area contributed by atoms with Gasteiger partial charge in [0, 0.05) is 16.6 Å². The van der Waals surface area contributed by atoms with Crippen molar-refractivity contribution in [1.82, 2.24) is 4.98 Å². The molecule has 0 aliphatic heterocycles. The van der Waals surface area contributed by atoms with E-state index in [1.807, 2.05) is 0 Å². The summed E-state index contributed by atoms with van der Waals surface area (Å²) in [6, 6.07) is 0.807. The van der Waals surface area contributed by atoms with E-state index in [-0.39, 0.29) is 16.5 Å². The second-order valence-electron chi connectivity index (χ2n) is 3.19. The third-order valence-electron chi connectivity index (χ3n) is 2.29. The highest BCUT2D eigenvalue weighted by Crippen LogP contribution is 2.26. The van der Waals surface area contributed by atoms with Gasteiger partial charge in [-0.2, -0.15) is 0 Å². The molecule has 0 radical (unpaired) electrons. The summed E-state index contributed by atoms with van der Waals surface area (Å²) in [5.74, 6) is -4.15. The third kappa shape index (κ3) is 1.23. The maximum atomic E-state index is 13.2. The Labute approximate surface area is 82.7 Å². The molecule has 0 aliphatic carbocycles. The molecule has 0 spiro atoms. The van der Waals surface area contributed by atoms with Gasteiger partial charge in [-0.3, -0.25) is 4.79 Å². The summed E-state index contributed by atoms with van der Waals surface area (Å²) in [5.41, 5.74) is 0.334. The summed E-state index contributed by atoms with van der Waals surface area (Å²) in [7, 11) is 0. The summed E-state index contributed by atoms with van der Waals surface area (Å²) in [5, 5.41) is 0.0545. The minimum absolute atomic E-state index is 0.0545. The Kier molecular flexibility index (Phi) is 2.03. The van der Waals surface area contributed by atoms with Crippen LogP contribution in [0.25, 0.3) is 10.9 Å².